The lowest BCUT2D eigenvalue weighted by molar-refractivity contribution is 0.169. The maximum absolute atomic E-state index is 4.34. The molecule has 82 valence electrons. The highest BCUT2D eigenvalue weighted by molar-refractivity contribution is 5.36. The molecule has 4 heteroatoms. The summed E-state index contributed by atoms with van der Waals surface area (Å²) < 4.78 is 0. The largest absolute Gasteiger partial charge is 0.352 e. The van der Waals surface area contributed by atoms with Crippen molar-refractivity contribution in [3.63, 3.8) is 0 Å². The summed E-state index contributed by atoms with van der Waals surface area (Å²) in [6.07, 6.45) is 5.31. The Labute approximate surface area is 90.9 Å². The van der Waals surface area contributed by atoms with Crippen molar-refractivity contribution in [2.24, 2.45) is 0 Å². The Balaban J connectivity index is 2.13. The van der Waals surface area contributed by atoms with Crippen LogP contribution in [-0.4, -0.2) is 47.1 Å². The molecule has 2 heterocycles. The molecule has 1 aliphatic rings. The van der Waals surface area contributed by atoms with Crippen LogP contribution in [-0.2, 0) is 0 Å². The Morgan fingerprint density at radius 3 is 2.40 bits per heavy atom. The summed E-state index contributed by atoms with van der Waals surface area (Å²) in [5.74, 6) is 0.990. The summed E-state index contributed by atoms with van der Waals surface area (Å²) in [6, 6.07) is 1.13. The number of aromatic nitrogens is 2. The molecule has 0 saturated carbocycles. The van der Waals surface area contributed by atoms with Gasteiger partial charge < -0.3 is 4.90 Å². The first-order chi connectivity index (χ1) is 7.18. The molecule has 15 heavy (non-hydrogen) atoms. The minimum absolute atomic E-state index is 0.566. The van der Waals surface area contributed by atoms with E-state index >= 15 is 0 Å². The molecule has 0 bridgehead atoms. The SMILES string of the molecule is C[C@@H]1CN(c2cnccn2)C[C@H](C)N1C. The predicted octanol–water partition coefficient (Wildman–Crippen LogP) is 1.01. The molecule has 2 atom stereocenters. The van der Waals surface area contributed by atoms with Crippen molar-refractivity contribution in [2.45, 2.75) is 25.9 Å². The van der Waals surface area contributed by atoms with Gasteiger partial charge in [0, 0.05) is 37.6 Å². The number of hydrogen-bond acceptors (Lipinski definition) is 4. The Kier molecular flexibility index (Phi) is 2.86. The van der Waals surface area contributed by atoms with E-state index in [4.69, 9.17) is 0 Å². The van der Waals surface area contributed by atoms with Crippen LogP contribution < -0.4 is 4.90 Å². The number of nitrogens with zero attached hydrogens (tertiary/aromatic N) is 4. The van der Waals surface area contributed by atoms with Gasteiger partial charge in [-0.25, -0.2) is 4.98 Å². The molecular weight excluding hydrogens is 188 g/mol. The summed E-state index contributed by atoms with van der Waals surface area (Å²) in [7, 11) is 2.18. The smallest absolute Gasteiger partial charge is 0.147 e. The van der Waals surface area contributed by atoms with Gasteiger partial charge >= 0.3 is 0 Å². The van der Waals surface area contributed by atoms with E-state index in [-0.39, 0.29) is 0 Å². The van der Waals surface area contributed by atoms with Gasteiger partial charge in [0.2, 0.25) is 0 Å². The third-order valence-electron chi connectivity index (χ3n) is 3.23. The van der Waals surface area contributed by atoms with E-state index in [0.717, 1.165) is 18.9 Å². The van der Waals surface area contributed by atoms with E-state index < -0.39 is 0 Å². The van der Waals surface area contributed by atoms with Crippen molar-refractivity contribution in [3.05, 3.63) is 18.6 Å². The van der Waals surface area contributed by atoms with E-state index in [1.807, 2.05) is 6.20 Å². The molecule has 1 aromatic heterocycles. The minimum atomic E-state index is 0.566. The second kappa shape index (κ2) is 4.14. The normalized spacial score (nSPS) is 28.1. The van der Waals surface area contributed by atoms with E-state index in [9.17, 15) is 0 Å². The second-order valence-electron chi connectivity index (χ2n) is 4.33. The van der Waals surface area contributed by atoms with Crippen LogP contribution >= 0.6 is 0 Å². The van der Waals surface area contributed by atoms with Crippen LogP contribution in [0.25, 0.3) is 0 Å². The van der Waals surface area contributed by atoms with Gasteiger partial charge in [-0.3, -0.25) is 9.88 Å². The van der Waals surface area contributed by atoms with Crippen molar-refractivity contribution in [1.82, 2.24) is 14.9 Å². The number of rotatable bonds is 1. The van der Waals surface area contributed by atoms with Gasteiger partial charge in [-0.05, 0) is 20.9 Å². The molecule has 0 amide bonds. The summed E-state index contributed by atoms with van der Waals surface area (Å²) in [5.41, 5.74) is 0. The average molecular weight is 206 g/mol. The van der Waals surface area contributed by atoms with Crippen LogP contribution in [0.1, 0.15) is 13.8 Å². The molecule has 1 aliphatic heterocycles. The van der Waals surface area contributed by atoms with Gasteiger partial charge in [0.15, 0.2) is 0 Å². The Morgan fingerprint density at radius 2 is 1.87 bits per heavy atom. The monoisotopic (exact) mass is 206 g/mol. The minimum Gasteiger partial charge on any atom is -0.352 e. The second-order valence-corrected chi connectivity index (χ2v) is 4.33. The van der Waals surface area contributed by atoms with Gasteiger partial charge in [0.25, 0.3) is 0 Å². The fourth-order valence-corrected chi connectivity index (χ4v) is 2.05. The topological polar surface area (TPSA) is 32.3 Å². The summed E-state index contributed by atoms with van der Waals surface area (Å²) in [5, 5.41) is 0. The zero-order valence-corrected chi connectivity index (χ0v) is 9.59. The third-order valence-corrected chi connectivity index (χ3v) is 3.23. The lowest BCUT2D eigenvalue weighted by Crippen LogP contribution is -2.55. The third kappa shape index (κ3) is 2.09. The maximum atomic E-state index is 4.34. The zero-order valence-electron chi connectivity index (χ0n) is 9.59. The molecule has 0 unspecified atom stereocenters. The highest BCUT2D eigenvalue weighted by atomic mass is 15.3. The maximum Gasteiger partial charge on any atom is 0.147 e. The fourth-order valence-electron chi connectivity index (χ4n) is 2.05. The standard InChI is InChI=1S/C11H18N4/c1-9-7-15(8-10(2)14(9)3)11-6-12-4-5-13-11/h4-6,9-10H,7-8H2,1-3H3/t9-,10+. The van der Waals surface area contributed by atoms with E-state index in [1.54, 1.807) is 12.4 Å². The Hall–Kier alpha value is -1.16. The average Bonchev–Trinajstić information content (AvgIpc) is 2.26. The molecule has 0 radical (unpaired) electrons. The molecule has 0 N–H and O–H groups in total. The molecule has 1 aromatic rings. The number of likely N-dealkylation sites (N-methyl/N-ethyl adjacent to an activating group) is 1. The first-order valence-corrected chi connectivity index (χ1v) is 5.41. The highest BCUT2D eigenvalue weighted by Gasteiger charge is 2.26. The Bertz CT molecular complexity index is 302. The van der Waals surface area contributed by atoms with E-state index in [1.165, 1.54) is 0 Å². The van der Waals surface area contributed by atoms with Crippen molar-refractivity contribution in [1.29, 1.82) is 0 Å². The number of piperazine rings is 1. The first kappa shape index (κ1) is 10.4. The fraction of sp³-hybridized carbons (Fsp3) is 0.636. The predicted molar refractivity (Wildman–Crippen MR) is 60.9 cm³/mol. The lowest BCUT2D eigenvalue weighted by atomic mass is 10.1. The Morgan fingerprint density at radius 1 is 1.20 bits per heavy atom. The van der Waals surface area contributed by atoms with Crippen LogP contribution in [0.3, 0.4) is 0 Å². The van der Waals surface area contributed by atoms with Gasteiger partial charge in [0.1, 0.15) is 5.82 Å². The van der Waals surface area contributed by atoms with E-state index in [0.29, 0.717) is 12.1 Å². The molecule has 4 nitrogen and oxygen atoms in total. The van der Waals surface area contributed by atoms with Crippen LogP contribution in [0, 0.1) is 0 Å². The molecule has 1 saturated heterocycles. The molecule has 2 rings (SSSR count). The van der Waals surface area contributed by atoms with Gasteiger partial charge in [-0.1, -0.05) is 0 Å². The summed E-state index contributed by atoms with van der Waals surface area (Å²) in [6.45, 7) is 6.55. The first-order valence-electron chi connectivity index (χ1n) is 5.41. The van der Waals surface area contributed by atoms with Crippen molar-refractivity contribution in [3.8, 4) is 0 Å². The van der Waals surface area contributed by atoms with Crippen molar-refractivity contribution < 1.29 is 0 Å². The molecule has 0 aromatic carbocycles. The van der Waals surface area contributed by atoms with Gasteiger partial charge in [-0.15, -0.1) is 0 Å². The number of anilines is 1. The van der Waals surface area contributed by atoms with Crippen LogP contribution in [0.15, 0.2) is 18.6 Å². The molecule has 0 spiro atoms. The van der Waals surface area contributed by atoms with Crippen LogP contribution in [0.5, 0.6) is 0 Å². The summed E-state index contributed by atoms with van der Waals surface area (Å²) >= 11 is 0. The van der Waals surface area contributed by atoms with Crippen molar-refractivity contribution >= 4 is 5.82 Å². The van der Waals surface area contributed by atoms with Gasteiger partial charge in [0.05, 0.1) is 6.20 Å². The number of hydrogen-bond donors (Lipinski definition) is 0. The molecular formula is C11H18N4. The van der Waals surface area contributed by atoms with Crippen molar-refractivity contribution in [2.75, 3.05) is 25.0 Å². The quantitative estimate of drug-likeness (QED) is 0.686. The summed E-state index contributed by atoms with van der Waals surface area (Å²) in [4.78, 5) is 13.2. The highest BCUT2D eigenvalue weighted by Crippen LogP contribution is 2.18. The molecule has 1 fully saturated rings. The zero-order chi connectivity index (χ0) is 10.8. The van der Waals surface area contributed by atoms with Crippen LogP contribution in [0.4, 0.5) is 5.82 Å². The lowest BCUT2D eigenvalue weighted by Gasteiger charge is -2.42. The van der Waals surface area contributed by atoms with Crippen LogP contribution in [0.2, 0.25) is 0 Å². The molecule has 0 aliphatic carbocycles. The van der Waals surface area contributed by atoms with E-state index in [2.05, 4.69) is 40.7 Å². The van der Waals surface area contributed by atoms with Gasteiger partial charge in [-0.2, -0.15) is 0 Å².